The van der Waals surface area contributed by atoms with Crippen molar-refractivity contribution < 1.29 is 8.42 Å². The van der Waals surface area contributed by atoms with Crippen molar-refractivity contribution in [2.75, 3.05) is 13.1 Å². The predicted octanol–water partition coefficient (Wildman–Crippen LogP) is 5.23. The van der Waals surface area contributed by atoms with Crippen LogP contribution in [0.15, 0.2) is 47.4 Å². The van der Waals surface area contributed by atoms with Crippen LogP contribution in [-0.4, -0.2) is 31.9 Å². The molecule has 0 unspecified atom stereocenters. The minimum Gasteiger partial charge on any atom is -0.317 e. The quantitative estimate of drug-likeness (QED) is 0.672. The molecule has 0 radical (unpaired) electrons. The lowest BCUT2D eigenvalue weighted by Crippen LogP contribution is -2.45. The Hall–Kier alpha value is -1.11. The highest BCUT2D eigenvalue weighted by atomic mass is 35.5. The van der Waals surface area contributed by atoms with Crippen molar-refractivity contribution in [1.29, 1.82) is 0 Å². The van der Waals surface area contributed by atoms with Gasteiger partial charge in [-0.2, -0.15) is 4.31 Å². The molecule has 3 rings (SSSR count). The minimum absolute atomic E-state index is 0.0307. The van der Waals surface area contributed by atoms with Crippen LogP contribution < -0.4 is 5.32 Å². The highest BCUT2D eigenvalue weighted by Crippen LogP contribution is 2.29. The van der Waals surface area contributed by atoms with Crippen molar-refractivity contribution >= 4 is 33.2 Å². The Balaban J connectivity index is 1.96. The Labute approximate surface area is 184 Å². The first-order valence-electron chi connectivity index (χ1n) is 9.86. The molecule has 0 atom stereocenters. The Morgan fingerprint density at radius 2 is 1.62 bits per heavy atom. The molecule has 1 aliphatic heterocycles. The van der Waals surface area contributed by atoms with E-state index < -0.39 is 10.0 Å². The summed E-state index contributed by atoms with van der Waals surface area (Å²) in [4.78, 5) is 0.323. The maximum atomic E-state index is 13.6. The number of piperidine rings is 1. The number of halogens is 2. The zero-order valence-electron chi connectivity index (χ0n) is 17.1. The van der Waals surface area contributed by atoms with E-state index in [-0.39, 0.29) is 18.0 Å². The minimum atomic E-state index is -3.65. The summed E-state index contributed by atoms with van der Waals surface area (Å²) < 4.78 is 28.8. The first-order valence-corrected chi connectivity index (χ1v) is 12.1. The monoisotopic (exact) mass is 454 g/mol. The number of nitrogens with zero attached hydrogens (tertiary/aromatic N) is 1. The molecule has 2 aromatic rings. The fourth-order valence-electron chi connectivity index (χ4n) is 3.59. The second-order valence-electron chi connectivity index (χ2n) is 8.55. The van der Waals surface area contributed by atoms with Gasteiger partial charge < -0.3 is 5.32 Å². The normalized spacial score (nSPS) is 16.3. The second-order valence-corrected chi connectivity index (χ2v) is 11.3. The van der Waals surface area contributed by atoms with Gasteiger partial charge in [0.25, 0.3) is 0 Å². The number of nitrogens with one attached hydrogen (secondary N) is 1. The van der Waals surface area contributed by atoms with Gasteiger partial charge in [-0.05, 0) is 66.7 Å². The van der Waals surface area contributed by atoms with E-state index in [1.165, 1.54) is 0 Å². The van der Waals surface area contributed by atoms with Gasteiger partial charge in [-0.3, -0.25) is 0 Å². The lowest BCUT2D eigenvalue weighted by Gasteiger charge is -2.34. The molecule has 158 valence electrons. The van der Waals surface area contributed by atoms with Gasteiger partial charge in [0.05, 0.1) is 14.9 Å². The fraction of sp³-hybridized carbons (Fsp3) is 0.455. The molecular weight excluding hydrogens is 427 g/mol. The summed E-state index contributed by atoms with van der Waals surface area (Å²) in [6.07, 6.45) is 1.56. The average molecular weight is 455 g/mol. The lowest BCUT2D eigenvalue weighted by molar-refractivity contribution is 0.256. The number of sulfonamides is 1. The molecule has 4 nitrogen and oxygen atoms in total. The van der Waals surface area contributed by atoms with E-state index >= 15 is 0 Å². The largest absolute Gasteiger partial charge is 0.317 e. The van der Waals surface area contributed by atoms with Crippen LogP contribution in [0.5, 0.6) is 0 Å². The van der Waals surface area contributed by atoms with Gasteiger partial charge in [0.1, 0.15) is 0 Å². The molecule has 0 aliphatic carbocycles. The number of hydrogen-bond donors (Lipinski definition) is 1. The summed E-state index contributed by atoms with van der Waals surface area (Å²) in [6.45, 7) is 8.22. The lowest BCUT2D eigenvalue weighted by atomic mass is 9.87. The number of benzene rings is 2. The maximum absolute atomic E-state index is 13.6. The van der Waals surface area contributed by atoms with Crippen LogP contribution in [0.2, 0.25) is 10.0 Å². The van der Waals surface area contributed by atoms with Crippen molar-refractivity contribution in [3.05, 3.63) is 63.6 Å². The molecule has 7 heteroatoms. The van der Waals surface area contributed by atoms with Gasteiger partial charge in [0.2, 0.25) is 10.0 Å². The number of hydrogen-bond acceptors (Lipinski definition) is 3. The molecule has 1 aliphatic rings. The Kier molecular flexibility index (Phi) is 6.96. The smallest absolute Gasteiger partial charge is 0.243 e. The molecule has 1 fully saturated rings. The van der Waals surface area contributed by atoms with Gasteiger partial charge in [-0.15, -0.1) is 0 Å². The third kappa shape index (κ3) is 5.33. The molecule has 1 heterocycles. The maximum Gasteiger partial charge on any atom is 0.243 e. The van der Waals surface area contributed by atoms with Crippen LogP contribution in [0.3, 0.4) is 0 Å². The molecule has 29 heavy (non-hydrogen) atoms. The summed E-state index contributed by atoms with van der Waals surface area (Å²) in [6, 6.07) is 12.5. The van der Waals surface area contributed by atoms with Crippen molar-refractivity contribution in [2.24, 2.45) is 0 Å². The van der Waals surface area contributed by atoms with E-state index in [0.29, 0.717) is 14.9 Å². The van der Waals surface area contributed by atoms with E-state index in [0.717, 1.165) is 37.1 Å². The Morgan fingerprint density at radius 3 is 2.17 bits per heavy atom. The predicted molar refractivity (Wildman–Crippen MR) is 120 cm³/mol. The van der Waals surface area contributed by atoms with Gasteiger partial charge in [-0.25, -0.2) is 8.42 Å². The third-order valence-electron chi connectivity index (χ3n) is 5.37. The van der Waals surface area contributed by atoms with Crippen molar-refractivity contribution in [3.63, 3.8) is 0 Å². The standard InChI is InChI=1S/C22H28Cl2N2O2S/c1-22(2,3)17-5-7-19(8-6-17)29(27,28)26(18-10-12-25-13-11-18)15-16-4-9-20(23)21(24)14-16/h4-9,14,18,25H,10-13,15H2,1-3H3. The molecule has 0 amide bonds. The van der Waals surface area contributed by atoms with Crippen molar-refractivity contribution in [3.8, 4) is 0 Å². The van der Waals surface area contributed by atoms with Gasteiger partial charge in [0.15, 0.2) is 0 Å². The zero-order chi connectivity index (χ0) is 21.2. The molecule has 0 aromatic heterocycles. The van der Waals surface area contributed by atoms with Gasteiger partial charge in [-0.1, -0.05) is 62.2 Å². The highest BCUT2D eigenvalue weighted by molar-refractivity contribution is 7.89. The molecule has 2 aromatic carbocycles. The molecule has 1 saturated heterocycles. The summed E-state index contributed by atoms with van der Waals surface area (Å²) in [5, 5.41) is 4.20. The highest BCUT2D eigenvalue weighted by Gasteiger charge is 2.32. The van der Waals surface area contributed by atoms with Crippen LogP contribution >= 0.6 is 23.2 Å². The van der Waals surface area contributed by atoms with Crippen LogP contribution in [0.25, 0.3) is 0 Å². The van der Waals surface area contributed by atoms with Crippen LogP contribution in [0, 0.1) is 0 Å². The average Bonchev–Trinajstić information content (AvgIpc) is 2.68. The number of rotatable bonds is 5. The van der Waals surface area contributed by atoms with E-state index in [9.17, 15) is 8.42 Å². The molecule has 0 saturated carbocycles. The Bertz CT molecular complexity index is 948. The van der Waals surface area contributed by atoms with E-state index in [2.05, 4.69) is 26.1 Å². The molecular formula is C22H28Cl2N2O2S. The van der Waals surface area contributed by atoms with E-state index in [1.54, 1.807) is 28.6 Å². The molecule has 0 bridgehead atoms. The van der Waals surface area contributed by atoms with Crippen molar-refractivity contribution in [1.82, 2.24) is 9.62 Å². The van der Waals surface area contributed by atoms with E-state index in [1.807, 2.05) is 18.2 Å². The zero-order valence-corrected chi connectivity index (χ0v) is 19.4. The summed E-state index contributed by atoms with van der Waals surface area (Å²) >= 11 is 12.2. The summed E-state index contributed by atoms with van der Waals surface area (Å²) in [7, 11) is -3.65. The first-order chi connectivity index (χ1) is 13.6. The summed E-state index contributed by atoms with van der Waals surface area (Å²) in [5.41, 5.74) is 1.90. The van der Waals surface area contributed by atoms with Crippen molar-refractivity contribution in [2.45, 2.75) is 56.5 Å². The topological polar surface area (TPSA) is 49.4 Å². The van der Waals surface area contributed by atoms with E-state index in [4.69, 9.17) is 23.2 Å². The van der Waals surface area contributed by atoms with Crippen LogP contribution in [0.1, 0.15) is 44.7 Å². The second kappa shape index (κ2) is 8.94. The van der Waals surface area contributed by atoms with Gasteiger partial charge in [0, 0.05) is 12.6 Å². The first kappa shape index (κ1) is 22.6. The molecule has 0 spiro atoms. The van der Waals surface area contributed by atoms with Crippen LogP contribution in [-0.2, 0) is 22.0 Å². The van der Waals surface area contributed by atoms with Crippen LogP contribution in [0.4, 0.5) is 0 Å². The summed E-state index contributed by atoms with van der Waals surface area (Å²) in [5.74, 6) is 0. The van der Waals surface area contributed by atoms with Gasteiger partial charge >= 0.3 is 0 Å². The fourth-order valence-corrected chi connectivity index (χ4v) is 5.58. The SMILES string of the molecule is CC(C)(C)c1ccc(S(=O)(=O)N(Cc2ccc(Cl)c(Cl)c2)C2CCNCC2)cc1. The third-order valence-corrected chi connectivity index (χ3v) is 8.02. The molecule has 1 N–H and O–H groups in total. The Morgan fingerprint density at radius 1 is 1.00 bits per heavy atom.